The number of ether oxygens (including phenoxy) is 1. The van der Waals surface area contributed by atoms with Crippen LogP contribution in [0.25, 0.3) is 0 Å². The molecule has 2 nitrogen and oxygen atoms in total. The van der Waals surface area contributed by atoms with Crippen LogP contribution < -0.4 is 0 Å². The summed E-state index contributed by atoms with van der Waals surface area (Å²) in [7, 11) is 0. The fourth-order valence-electron chi connectivity index (χ4n) is 4.67. The molecule has 0 N–H and O–H groups in total. The molecule has 2 heteroatoms. The lowest BCUT2D eigenvalue weighted by Crippen LogP contribution is -2.41. The van der Waals surface area contributed by atoms with Crippen LogP contribution in [0.4, 0.5) is 0 Å². The van der Waals surface area contributed by atoms with E-state index >= 15 is 0 Å². The van der Waals surface area contributed by atoms with Gasteiger partial charge in [-0.3, -0.25) is 0 Å². The minimum absolute atomic E-state index is 0.222. The van der Waals surface area contributed by atoms with Crippen LogP contribution in [0, 0.1) is 17.3 Å². The molecule has 0 bridgehead atoms. The van der Waals surface area contributed by atoms with Gasteiger partial charge in [0.1, 0.15) is 0 Å². The van der Waals surface area contributed by atoms with E-state index in [0.717, 1.165) is 5.92 Å². The molecule has 2 unspecified atom stereocenters. The standard InChI is InChI=1S/C19H32O2/c1-3-18(20)21-15-19(14-10-6-7-11-16(19)2)17-12-8-4-5-9-13-17/h3,16-17H,1,4-15H2,2H3. The van der Waals surface area contributed by atoms with Crippen LogP contribution in [-0.4, -0.2) is 12.6 Å². The van der Waals surface area contributed by atoms with Crippen LogP contribution in [0.2, 0.25) is 0 Å². The highest BCUT2D eigenvalue weighted by Gasteiger charge is 2.44. The highest BCUT2D eigenvalue weighted by atomic mass is 16.5. The number of hydrogen-bond acceptors (Lipinski definition) is 2. The Labute approximate surface area is 130 Å². The molecule has 2 saturated carbocycles. The molecule has 0 aromatic rings. The molecular weight excluding hydrogens is 260 g/mol. The lowest BCUT2D eigenvalue weighted by atomic mass is 9.62. The second kappa shape index (κ2) is 8.00. The van der Waals surface area contributed by atoms with Gasteiger partial charge in [-0.25, -0.2) is 4.79 Å². The van der Waals surface area contributed by atoms with Crippen molar-refractivity contribution in [3.8, 4) is 0 Å². The molecule has 2 atom stereocenters. The Kier molecular flexibility index (Phi) is 6.32. The monoisotopic (exact) mass is 292 g/mol. The zero-order valence-corrected chi connectivity index (χ0v) is 13.7. The second-order valence-corrected chi connectivity index (χ2v) is 7.23. The van der Waals surface area contributed by atoms with E-state index in [1.54, 1.807) is 0 Å². The summed E-state index contributed by atoms with van der Waals surface area (Å²) in [5, 5.41) is 0. The highest BCUT2D eigenvalue weighted by Crippen LogP contribution is 2.50. The van der Waals surface area contributed by atoms with Crippen LogP contribution in [0.1, 0.15) is 77.6 Å². The number of carbonyl (C=O) groups excluding carboxylic acids is 1. The molecule has 0 aromatic heterocycles. The number of hydrogen-bond donors (Lipinski definition) is 0. The Hall–Kier alpha value is -0.790. The molecule has 0 amide bonds. The molecule has 0 spiro atoms. The van der Waals surface area contributed by atoms with Crippen LogP contribution in [0.3, 0.4) is 0 Å². The van der Waals surface area contributed by atoms with Gasteiger partial charge in [-0.1, -0.05) is 64.9 Å². The van der Waals surface area contributed by atoms with Gasteiger partial charge < -0.3 is 4.74 Å². The zero-order chi connectivity index (χ0) is 15.1. The smallest absolute Gasteiger partial charge is 0.330 e. The summed E-state index contributed by atoms with van der Waals surface area (Å²) >= 11 is 0. The molecule has 2 fully saturated rings. The maximum Gasteiger partial charge on any atom is 0.330 e. The average molecular weight is 292 g/mol. The van der Waals surface area contributed by atoms with Gasteiger partial charge in [-0.2, -0.15) is 0 Å². The molecule has 0 aliphatic heterocycles. The molecule has 21 heavy (non-hydrogen) atoms. The molecule has 0 radical (unpaired) electrons. The molecular formula is C19H32O2. The summed E-state index contributed by atoms with van der Waals surface area (Å²) in [5.74, 6) is 1.16. The average Bonchev–Trinajstić information content (AvgIpc) is 2.87. The Morgan fingerprint density at radius 2 is 1.71 bits per heavy atom. The van der Waals surface area contributed by atoms with Crippen LogP contribution in [0.15, 0.2) is 12.7 Å². The Balaban J connectivity index is 2.17. The van der Waals surface area contributed by atoms with E-state index in [9.17, 15) is 4.79 Å². The first-order valence-electron chi connectivity index (χ1n) is 8.98. The van der Waals surface area contributed by atoms with Gasteiger partial charge in [-0.05, 0) is 31.1 Å². The SMILES string of the molecule is C=CC(=O)OCC1(C2CCCCCC2)CCCCCC1C. The Bertz CT molecular complexity index is 341. The van der Waals surface area contributed by atoms with Crippen molar-refractivity contribution in [2.45, 2.75) is 77.6 Å². The number of carbonyl (C=O) groups is 1. The number of esters is 1. The van der Waals surface area contributed by atoms with Crippen molar-refractivity contribution in [2.24, 2.45) is 17.3 Å². The third kappa shape index (κ3) is 4.11. The molecule has 2 rings (SSSR count). The Morgan fingerprint density at radius 3 is 2.38 bits per heavy atom. The first-order valence-corrected chi connectivity index (χ1v) is 8.98. The quantitative estimate of drug-likeness (QED) is 0.401. The van der Waals surface area contributed by atoms with Crippen molar-refractivity contribution < 1.29 is 9.53 Å². The van der Waals surface area contributed by atoms with Crippen molar-refractivity contribution >= 4 is 5.97 Å². The predicted molar refractivity (Wildman–Crippen MR) is 87.0 cm³/mol. The highest BCUT2D eigenvalue weighted by molar-refractivity contribution is 5.81. The lowest BCUT2D eigenvalue weighted by molar-refractivity contribution is -0.145. The van der Waals surface area contributed by atoms with Crippen molar-refractivity contribution in [3.63, 3.8) is 0 Å². The maximum atomic E-state index is 11.6. The number of rotatable bonds is 4. The maximum absolute atomic E-state index is 11.6. The molecule has 0 heterocycles. The van der Waals surface area contributed by atoms with Crippen LogP contribution in [0.5, 0.6) is 0 Å². The van der Waals surface area contributed by atoms with Crippen molar-refractivity contribution in [1.29, 1.82) is 0 Å². The summed E-state index contributed by atoms with van der Waals surface area (Å²) < 4.78 is 5.60. The van der Waals surface area contributed by atoms with Crippen molar-refractivity contribution in [3.05, 3.63) is 12.7 Å². The topological polar surface area (TPSA) is 26.3 Å². The summed E-state index contributed by atoms with van der Waals surface area (Å²) in [6.07, 6.45) is 16.0. The van der Waals surface area contributed by atoms with Gasteiger partial charge in [-0.15, -0.1) is 0 Å². The first-order chi connectivity index (χ1) is 10.2. The predicted octanol–water partition coefficient (Wildman–Crippen LogP) is 5.27. The summed E-state index contributed by atoms with van der Waals surface area (Å²) in [6, 6.07) is 0. The third-order valence-corrected chi connectivity index (χ3v) is 6.08. The third-order valence-electron chi connectivity index (χ3n) is 6.08. The van der Waals surface area contributed by atoms with Crippen LogP contribution >= 0.6 is 0 Å². The first kappa shape index (κ1) is 16.6. The van der Waals surface area contributed by atoms with Gasteiger partial charge in [0.25, 0.3) is 0 Å². The van der Waals surface area contributed by atoms with E-state index in [0.29, 0.717) is 12.5 Å². The van der Waals surface area contributed by atoms with E-state index < -0.39 is 0 Å². The molecule has 2 aliphatic rings. The Morgan fingerprint density at radius 1 is 1.10 bits per heavy atom. The van der Waals surface area contributed by atoms with Gasteiger partial charge >= 0.3 is 5.97 Å². The van der Waals surface area contributed by atoms with Crippen molar-refractivity contribution in [1.82, 2.24) is 0 Å². The van der Waals surface area contributed by atoms with Crippen molar-refractivity contribution in [2.75, 3.05) is 6.61 Å². The summed E-state index contributed by atoms with van der Waals surface area (Å²) in [4.78, 5) is 11.6. The second-order valence-electron chi connectivity index (χ2n) is 7.23. The summed E-state index contributed by atoms with van der Waals surface area (Å²) in [6.45, 7) is 6.55. The zero-order valence-electron chi connectivity index (χ0n) is 13.7. The molecule has 0 aromatic carbocycles. The normalized spacial score (nSPS) is 32.0. The van der Waals surface area contributed by atoms with E-state index in [-0.39, 0.29) is 11.4 Å². The van der Waals surface area contributed by atoms with E-state index in [1.165, 1.54) is 76.7 Å². The summed E-state index contributed by atoms with van der Waals surface area (Å²) in [5.41, 5.74) is 0.222. The fourth-order valence-corrected chi connectivity index (χ4v) is 4.67. The minimum atomic E-state index is -0.251. The molecule has 120 valence electrons. The fraction of sp³-hybridized carbons (Fsp3) is 0.842. The molecule has 2 aliphatic carbocycles. The van der Waals surface area contributed by atoms with Gasteiger partial charge in [0.15, 0.2) is 0 Å². The van der Waals surface area contributed by atoms with Crippen LogP contribution in [-0.2, 0) is 9.53 Å². The van der Waals surface area contributed by atoms with Gasteiger partial charge in [0.2, 0.25) is 0 Å². The van der Waals surface area contributed by atoms with E-state index in [2.05, 4.69) is 13.5 Å². The van der Waals surface area contributed by atoms with E-state index in [4.69, 9.17) is 4.74 Å². The van der Waals surface area contributed by atoms with E-state index in [1.807, 2.05) is 0 Å². The van der Waals surface area contributed by atoms with Gasteiger partial charge in [0, 0.05) is 11.5 Å². The largest absolute Gasteiger partial charge is 0.462 e. The molecule has 0 saturated heterocycles. The lowest BCUT2D eigenvalue weighted by Gasteiger charge is -2.44. The minimum Gasteiger partial charge on any atom is -0.462 e. The van der Waals surface area contributed by atoms with Gasteiger partial charge in [0.05, 0.1) is 6.61 Å².